The summed E-state index contributed by atoms with van der Waals surface area (Å²) in [6, 6.07) is 8.23. The number of benzene rings is 1. The summed E-state index contributed by atoms with van der Waals surface area (Å²) in [6.45, 7) is 4.41. The normalized spacial score (nSPS) is 20.5. The number of nitrogens with two attached hydrogens (primary N) is 1. The highest BCUT2D eigenvalue weighted by Crippen LogP contribution is 2.24. The van der Waals surface area contributed by atoms with Crippen molar-refractivity contribution in [1.82, 2.24) is 9.80 Å². The third-order valence-electron chi connectivity index (χ3n) is 3.93. The van der Waals surface area contributed by atoms with Crippen LogP contribution in [0.25, 0.3) is 0 Å². The minimum Gasteiger partial charge on any atom is -0.336 e. The zero-order valence-corrected chi connectivity index (χ0v) is 15.1. The van der Waals surface area contributed by atoms with Crippen LogP contribution in [0.3, 0.4) is 0 Å². The quantitative estimate of drug-likeness (QED) is 0.909. The van der Waals surface area contributed by atoms with E-state index < -0.39 is 0 Å². The molecule has 126 valence electrons. The summed E-state index contributed by atoms with van der Waals surface area (Å²) in [4.78, 5) is 16.7. The molecule has 0 bridgehead atoms. The van der Waals surface area contributed by atoms with Gasteiger partial charge in [-0.2, -0.15) is 0 Å². The number of halogens is 2. The van der Waals surface area contributed by atoms with E-state index in [1.54, 1.807) is 0 Å². The van der Waals surface area contributed by atoms with Gasteiger partial charge < -0.3 is 15.5 Å². The summed E-state index contributed by atoms with van der Waals surface area (Å²) in [7, 11) is 4.06. The Morgan fingerprint density at radius 2 is 2.05 bits per heavy atom. The minimum absolute atomic E-state index is 0. The van der Waals surface area contributed by atoms with Crippen molar-refractivity contribution in [2.75, 3.05) is 27.2 Å². The number of amides is 1. The molecule has 22 heavy (non-hydrogen) atoms. The molecule has 1 aliphatic rings. The molecule has 1 aromatic carbocycles. The Kier molecular flexibility index (Phi) is 9.01. The van der Waals surface area contributed by atoms with Crippen molar-refractivity contribution in [3.05, 3.63) is 35.4 Å². The summed E-state index contributed by atoms with van der Waals surface area (Å²) in [5, 5.41) is 0. The maximum Gasteiger partial charge on any atom is 0.254 e. The van der Waals surface area contributed by atoms with E-state index in [1.807, 2.05) is 37.2 Å². The largest absolute Gasteiger partial charge is 0.336 e. The standard InChI is InChI=1S/C16H25N3O.2ClH/c1-12-7-14(9-17)11-19(12)16(20)15-6-4-5-13(8-15)10-18(2)3;;/h4-6,8,12,14H,7,9-11,17H2,1-3H3;2*1H. The smallest absolute Gasteiger partial charge is 0.254 e. The van der Waals surface area contributed by atoms with Crippen LogP contribution in [-0.2, 0) is 6.54 Å². The van der Waals surface area contributed by atoms with Gasteiger partial charge in [0, 0.05) is 24.7 Å². The number of rotatable bonds is 4. The van der Waals surface area contributed by atoms with E-state index in [9.17, 15) is 4.79 Å². The molecule has 2 N–H and O–H groups in total. The fourth-order valence-electron chi connectivity index (χ4n) is 2.93. The fraction of sp³-hybridized carbons (Fsp3) is 0.562. The Morgan fingerprint density at radius 1 is 1.36 bits per heavy atom. The molecular formula is C16H27Cl2N3O. The van der Waals surface area contributed by atoms with Crippen LogP contribution in [0.4, 0.5) is 0 Å². The predicted octanol–water partition coefficient (Wildman–Crippen LogP) is 2.40. The second-order valence-corrected chi connectivity index (χ2v) is 6.08. The first-order chi connectivity index (χ1) is 9.51. The molecule has 0 aliphatic carbocycles. The lowest BCUT2D eigenvalue weighted by atomic mass is 10.1. The van der Waals surface area contributed by atoms with Gasteiger partial charge >= 0.3 is 0 Å². The Bertz CT molecular complexity index is 482. The summed E-state index contributed by atoms with van der Waals surface area (Å²) in [6.07, 6.45) is 1.01. The van der Waals surface area contributed by atoms with E-state index in [4.69, 9.17) is 5.73 Å². The molecule has 1 saturated heterocycles. The highest BCUT2D eigenvalue weighted by molar-refractivity contribution is 5.94. The van der Waals surface area contributed by atoms with E-state index in [1.165, 1.54) is 5.56 Å². The Morgan fingerprint density at radius 3 is 2.59 bits per heavy atom. The maximum absolute atomic E-state index is 12.6. The average molecular weight is 348 g/mol. The summed E-state index contributed by atoms with van der Waals surface area (Å²) >= 11 is 0. The van der Waals surface area contributed by atoms with Crippen LogP contribution in [0.15, 0.2) is 24.3 Å². The van der Waals surface area contributed by atoms with Gasteiger partial charge in [-0.15, -0.1) is 24.8 Å². The van der Waals surface area contributed by atoms with E-state index in [-0.39, 0.29) is 36.8 Å². The van der Waals surface area contributed by atoms with Crippen molar-refractivity contribution in [3.63, 3.8) is 0 Å². The zero-order chi connectivity index (χ0) is 14.7. The monoisotopic (exact) mass is 347 g/mol. The van der Waals surface area contributed by atoms with Crippen molar-refractivity contribution < 1.29 is 4.79 Å². The van der Waals surface area contributed by atoms with Crippen molar-refractivity contribution >= 4 is 30.7 Å². The molecule has 1 heterocycles. The number of nitrogens with zero attached hydrogens (tertiary/aromatic N) is 2. The molecule has 2 unspecified atom stereocenters. The second-order valence-electron chi connectivity index (χ2n) is 6.08. The Labute approximate surface area is 145 Å². The lowest BCUT2D eigenvalue weighted by Crippen LogP contribution is -2.34. The highest BCUT2D eigenvalue weighted by atomic mass is 35.5. The summed E-state index contributed by atoms with van der Waals surface area (Å²) < 4.78 is 0. The van der Waals surface area contributed by atoms with Gasteiger partial charge in [0.25, 0.3) is 5.91 Å². The molecule has 0 aromatic heterocycles. The van der Waals surface area contributed by atoms with Gasteiger partial charge in [-0.3, -0.25) is 4.79 Å². The first kappa shape index (κ1) is 21.2. The van der Waals surface area contributed by atoms with Crippen molar-refractivity contribution in [2.45, 2.75) is 25.9 Å². The lowest BCUT2D eigenvalue weighted by molar-refractivity contribution is 0.0743. The number of carbonyl (C=O) groups excluding carboxylic acids is 1. The molecule has 1 fully saturated rings. The van der Waals surface area contributed by atoms with Gasteiger partial charge in [0.15, 0.2) is 0 Å². The van der Waals surface area contributed by atoms with E-state index >= 15 is 0 Å². The molecule has 6 heteroatoms. The van der Waals surface area contributed by atoms with Crippen LogP contribution in [0.5, 0.6) is 0 Å². The number of likely N-dealkylation sites (tertiary alicyclic amines) is 1. The first-order valence-electron chi connectivity index (χ1n) is 7.26. The van der Waals surface area contributed by atoms with Crippen LogP contribution >= 0.6 is 24.8 Å². The molecule has 2 atom stereocenters. The molecule has 0 saturated carbocycles. The molecule has 0 spiro atoms. The lowest BCUT2D eigenvalue weighted by Gasteiger charge is -2.22. The van der Waals surface area contributed by atoms with Crippen LogP contribution in [0, 0.1) is 5.92 Å². The predicted molar refractivity (Wildman–Crippen MR) is 96.0 cm³/mol. The highest BCUT2D eigenvalue weighted by Gasteiger charge is 2.32. The van der Waals surface area contributed by atoms with E-state index in [0.29, 0.717) is 12.5 Å². The van der Waals surface area contributed by atoms with Crippen molar-refractivity contribution in [2.24, 2.45) is 11.7 Å². The van der Waals surface area contributed by atoms with Gasteiger partial charge in [-0.05, 0) is 57.6 Å². The van der Waals surface area contributed by atoms with Crippen LogP contribution < -0.4 is 5.73 Å². The number of hydrogen-bond donors (Lipinski definition) is 1. The average Bonchev–Trinajstić information content (AvgIpc) is 2.79. The summed E-state index contributed by atoms with van der Waals surface area (Å²) in [5.41, 5.74) is 7.69. The molecule has 0 radical (unpaired) electrons. The second kappa shape index (κ2) is 9.36. The van der Waals surface area contributed by atoms with Crippen molar-refractivity contribution in [1.29, 1.82) is 0 Å². The fourth-order valence-corrected chi connectivity index (χ4v) is 2.93. The maximum atomic E-state index is 12.6. The molecule has 2 rings (SSSR count). The van der Waals surface area contributed by atoms with Crippen LogP contribution in [-0.4, -0.2) is 48.9 Å². The molecule has 1 amide bonds. The third-order valence-corrected chi connectivity index (χ3v) is 3.93. The minimum atomic E-state index is 0. The van der Waals surface area contributed by atoms with E-state index in [0.717, 1.165) is 25.1 Å². The number of hydrogen-bond acceptors (Lipinski definition) is 3. The van der Waals surface area contributed by atoms with Crippen LogP contribution in [0.2, 0.25) is 0 Å². The molecule has 1 aliphatic heterocycles. The summed E-state index contributed by atoms with van der Waals surface area (Å²) in [5.74, 6) is 0.577. The van der Waals surface area contributed by atoms with E-state index in [2.05, 4.69) is 17.9 Å². The van der Waals surface area contributed by atoms with Gasteiger partial charge in [0.1, 0.15) is 0 Å². The number of carbonyl (C=O) groups is 1. The van der Waals surface area contributed by atoms with Gasteiger partial charge in [0.2, 0.25) is 0 Å². The molecule has 1 aromatic rings. The topological polar surface area (TPSA) is 49.6 Å². The SMILES string of the molecule is CC1CC(CN)CN1C(=O)c1cccc(CN(C)C)c1.Cl.Cl. The zero-order valence-electron chi connectivity index (χ0n) is 13.5. The molecule has 4 nitrogen and oxygen atoms in total. The Balaban J connectivity index is 0.00000220. The van der Waals surface area contributed by atoms with Crippen LogP contribution in [0.1, 0.15) is 29.3 Å². The first-order valence-corrected chi connectivity index (χ1v) is 7.26. The van der Waals surface area contributed by atoms with Gasteiger partial charge in [0.05, 0.1) is 0 Å². The van der Waals surface area contributed by atoms with Gasteiger partial charge in [-0.1, -0.05) is 12.1 Å². The van der Waals surface area contributed by atoms with Gasteiger partial charge in [-0.25, -0.2) is 0 Å². The third kappa shape index (κ3) is 5.13. The van der Waals surface area contributed by atoms with Crippen molar-refractivity contribution in [3.8, 4) is 0 Å². The Hall–Kier alpha value is -0.810. The molecular weight excluding hydrogens is 321 g/mol.